The van der Waals surface area contributed by atoms with E-state index in [2.05, 4.69) is 10.2 Å². The number of carbonyl (C=O) groups is 1. The lowest BCUT2D eigenvalue weighted by Gasteiger charge is -1.98. The van der Waals surface area contributed by atoms with Crippen molar-refractivity contribution >= 4 is 17.7 Å². The van der Waals surface area contributed by atoms with Gasteiger partial charge in [0.2, 0.25) is 0 Å². The second-order valence-corrected chi connectivity index (χ2v) is 3.18. The van der Waals surface area contributed by atoms with Crippen molar-refractivity contribution in [1.82, 2.24) is 14.8 Å². The molecular weight excluding hydrogens is 194 g/mol. The zero-order chi connectivity index (χ0) is 9.84. The van der Waals surface area contributed by atoms with Crippen LogP contribution in [0.1, 0.15) is 6.92 Å². The fraction of sp³-hybridized carbons (Fsp3) is 0.500. The van der Waals surface area contributed by atoms with Crippen LogP contribution < -0.4 is 5.69 Å². The maximum Gasteiger partial charge on any atom is 0.343 e. The summed E-state index contributed by atoms with van der Waals surface area (Å²) >= 11 is 1.02. The molecule has 0 unspecified atom stereocenters. The van der Waals surface area contributed by atoms with E-state index in [1.807, 2.05) is 0 Å². The van der Waals surface area contributed by atoms with Crippen molar-refractivity contribution in [2.75, 3.05) is 5.75 Å². The molecule has 0 fully saturated rings. The molecule has 0 saturated carbocycles. The van der Waals surface area contributed by atoms with E-state index in [4.69, 9.17) is 5.11 Å². The minimum absolute atomic E-state index is 0.0930. The van der Waals surface area contributed by atoms with Gasteiger partial charge in [0, 0.05) is 6.54 Å². The Morgan fingerprint density at radius 2 is 2.46 bits per heavy atom. The molecule has 7 heteroatoms. The zero-order valence-corrected chi connectivity index (χ0v) is 7.80. The second-order valence-electron chi connectivity index (χ2n) is 2.24. The molecule has 0 aromatic carbocycles. The lowest BCUT2D eigenvalue weighted by atomic mass is 10.7. The van der Waals surface area contributed by atoms with E-state index >= 15 is 0 Å². The summed E-state index contributed by atoms with van der Waals surface area (Å²) in [7, 11) is 0. The van der Waals surface area contributed by atoms with Crippen molar-refractivity contribution in [3.05, 3.63) is 10.5 Å². The van der Waals surface area contributed by atoms with Crippen LogP contribution in [-0.4, -0.2) is 31.6 Å². The van der Waals surface area contributed by atoms with E-state index in [1.54, 1.807) is 6.92 Å². The molecule has 2 N–H and O–H groups in total. The van der Waals surface area contributed by atoms with Crippen molar-refractivity contribution in [2.45, 2.75) is 18.6 Å². The SMILES string of the molecule is CCn1c(SCC(=O)O)n[nH]c1=O. The third-order valence-electron chi connectivity index (χ3n) is 1.36. The van der Waals surface area contributed by atoms with E-state index in [0.717, 1.165) is 11.8 Å². The summed E-state index contributed by atoms with van der Waals surface area (Å²) in [6.45, 7) is 2.28. The Balaban J connectivity index is 2.76. The van der Waals surface area contributed by atoms with Crippen molar-refractivity contribution in [3.63, 3.8) is 0 Å². The first kappa shape index (κ1) is 9.85. The first-order valence-corrected chi connectivity index (χ1v) is 4.63. The fourth-order valence-corrected chi connectivity index (χ4v) is 1.55. The molecule has 1 rings (SSSR count). The Morgan fingerprint density at radius 1 is 1.77 bits per heavy atom. The Bertz CT molecular complexity index is 356. The van der Waals surface area contributed by atoms with Gasteiger partial charge >= 0.3 is 11.7 Å². The van der Waals surface area contributed by atoms with Crippen LogP contribution >= 0.6 is 11.8 Å². The molecule has 0 amide bonds. The highest BCUT2D eigenvalue weighted by molar-refractivity contribution is 7.99. The summed E-state index contributed by atoms with van der Waals surface area (Å²) in [6.07, 6.45) is 0. The lowest BCUT2D eigenvalue weighted by Crippen LogP contribution is -2.16. The number of aromatic nitrogens is 3. The molecular formula is C6H9N3O3S. The van der Waals surface area contributed by atoms with Crippen LogP contribution in [-0.2, 0) is 11.3 Å². The number of nitrogens with one attached hydrogen (secondary N) is 1. The smallest absolute Gasteiger partial charge is 0.343 e. The maximum atomic E-state index is 11.0. The first-order chi connectivity index (χ1) is 6.15. The number of rotatable bonds is 4. The Kier molecular flexibility index (Phi) is 3.13. The average molecular weight is 203 g/mol. The molecule has 1 aromatic rings. The minimum Gasteiger partial charge on any atom is -0.481 e. The first-order valence-electron chi connectivity index (χ1n) is 3.65. The van der Waals surface area contributed by atoms with Crippen LogP contribution in [0.15, 0.2) is 9.95 Å². The van der Waals surface area contributed by atoms with Crippen LogP contribution in [0, 0.1) is 0 Å². The molecule has 0 aliphatic rings. The lowest BCUT2D eigenvalue weighted by molar-refractivity contribution is -0.133. The Hall–Kier alpha value is -1.24. The van der Waals surface area contributed by atoms with E-state index in [-0.39, 0.29) is 11.4 Å². The quantitative estimate of drug-likeness (QED) is 0.660. The number of carboxylic acid groups (broad SMARTS) is 1. The molecule has 13 heavy (non-hydrogen) atoms. The predicted octanol–water partition coefficient (Wildman–Crippen LogP) is -0.232. The number of hydrogen-bond acceptors (Lipinski definition) is 4. The molecule has 1 aromatic heterocycles. The van der Waals surface area contributed by atoms with E-state index in [0.29, 0.717) is 11.7 Å². The summed E-state index contributed by atoms with van der Waals surface area (Å²) in [6, 6.07) is 0. The number of aromatic amines is 1. The van der Waals surface area contributed by atoms with Gasteiger partial charge in [0.15, 0.2) is 5.16 Å². The summed E-state index contributed by atoms with van der Waals surface area (Å²) in [5.74, 6) is -1.02. The molecule has 6 nitrogen and oxygen atoms in total. The molecule has 0 saturated heterocycles. The Morgan fingerprint density at radius 3 is 3.00 bits per heavy atom. The second kappa shape index (κ2) is 4.13. The largest absolute Gasteiger partial charge is 0.481 e. The molecule has 1 heterocycles. The van der Waals surface area contributed by atoms with Gasteiger partial charge in [0.05, 0.1) is 5.75 Å². The number of thioether (sulfide) groups is 1. The average Bonchev–Trinajstić information content (AvgIpc) is 2.42. The van der Waals surface area contributed by atoms with Crippen LogP contribution in [0.25, 0.3) is 0 Å². The molecule has 72 valence electrons. The van der Waals surface area contributed by atoms with Gasteiger partial charge in [-0.3, -0.25) is 9.36 Å². The van der Waals surface area contributed by atoms with E-state index < -0.39 is 5.97 Å². The highest BCUT2D eigenvalue weighted by Gasteiger charge is 2.08. The van der Waals surface area contributed by atoms with Gasteiger partial charge in [0.25, 0.3) is 0 Å². The van der Waals surface area contributed by atoms with Crippen molar-refractivity contribution in [3.8, 4) is 0 Å². The van der Waals surface area contributed by atoms with Crippen molar-refractivity contribution in [2.24, 2.45) is 0 Å². The third kappa shape index (κ3) is 2.35. The standard InChI is InChI=1S/C6H9N3O3S/c1-2-9-5(12)7-8-6(9)13-3-4(10)11/h2-3H2,1H3,(H,7,12)(H,10,11). The minimum atomic E-state index is -0.928. The van der Waals surface area contributed by atoms with Gasteiger partial charge in [-0.25, -0.2) is 9.89 Å². The highest BCUT2D eigenvalue weighted by atomic mass is 32.2. The number of aliphatic carboxylic acids is 1. The van der Waals surface area contributed by atoms with Crippen LogP contribution in [0.5, 0.6) is 0 Å². The normalized spacial score (nSPS) is 10.2. The summed E-state index contributed by atoms with van der Waals surface area (Å²) in [4.78, 5) is 21.2. The number of nitrogens with zero attached hydrogens (tertiary/aromatic N) is 2. The molecule has 0 radical (unpaired) electrons. The van der Waals surface area contributed by atoms with Crippen molar-refractivity contribution < 1.29 is 9.90 Å². The van der Waals surface area contributed by atoms with Gasteiger partial charge in [-0.05, 0) is 6.92 Å². The monoisotopic (exact) mass is 203 g/mol. The number of carboxylic acids is 1. The molecule has 0 atom stereocenters. The van der Waals surface area contributed by atoms with E-state index in [1.165, 1.54) is 4.57 Å². The van der Waals surface area contributed by atoms with Gasteiger partial charge in [0.1, 0.15) is 0 Å². The fourth-order valence-electron chi connectivity index (χ4n) is 0.819. The molecule has 0 aliphatic carbocycles. The molecule has 0 spiro atoms. The predicted molar refractivity (Wildman–Crippen MR) is 46.9 cm³/mol. The van der Waals surface area contributed by atoms with Gasteiger partial charge in [-0.15, -0.1) is 5.10 Å². The van der Waals surface area contributed by atoms with Crippen LogP contribution in [0.3, 0.4) is 0 Å². The number of hydrogen-bond donors (Lipinski definition) is 2. The third-order valence-corrected chi connectivity index (χ3v) is 2.33. The van der Waals surface area contributed by atoms with Crippen molar-refractivity contribution in [1.29, 1.82) is 0 Å². The highest BCUT2D eigenvalue weighted by Crippen LogP contribution is 2.11. The summed E-state index contributed by atoms with van der Waals surface area (Å²) < 4.78 is 1.38. The summed E-state index contributed by atoms with van der Waals surface area (Å²) in [5, 5.41) is 14.8. The van der Waals surface area contributed by atoms with Gasteiger partial charge < -0.3 is 5.11 Å². The van der Waals surface area contributed by atoms with Gasteiger partial charge in [-0.1, -0.05) is 11.8 Å². The number of H-pyrrole nitrogens is 1. The maximum absolute atomic E-state index is 11.0. The Labute approximate surface area is 78.0 Å². The van der Waals surface area contributed by atoms with Gasteiger partial charge in [-0.2, -0.15) is 0 Å². The van der Waals surface area contributed by atoms with Crippen LogP contribution in [0.2, 0.25) is 0 Å². The van der Waals surface area contributed by atoms with Crippen LogP contribution in [0.4, 0.5) is 0 Å². The van der Waals surface area contributed by atoms with E-state index in [9.17, 15) is 9.59 Å². The molecule has 0 bridgehead atoms. The molecule has 0 aliphatic heterocycles. The topological polar surface area (TPSA) is 88.0 Å². The zero-order valence-electron chi connectivity index (χ0n) is 6.98. The summed E-state index contributed by atoms with van der Waals surface area (Å²) in [5.41, 5.74) is -0.310.